The Hall–Kier alpha value is -4.06. The van der Waals surface area contributed by atoms with Crippen molar-refractivity contribution in [1.29, 1.82) is 0 Å². The molecule has 1 fully saturated rings. The summed E-state index contributed by atoms with van der Waals surface area (Å²) in [4.78, 5) is 40.9. The van der Waals surface area contributed by atoms with E-state index in [1.54, 1.807) is 29.2 Å². The zero-order chi connectivity index (χ0) is 30.7. The summed E-state index contributed by atoms with van der Waals surface area (Å²) < 4.78 is 38.8. The van der Waals surface area contributed by atoms with Crippen LogP contribution >= 0.6 is 0 Å². The first kappa shape index (κ1) is 32.5. The van der Waals surface area contributed by atoms with E-state index in [1.807, 2.05) is 20.8 Å². The van der Waals surface area contributed by atoms with Crippen molar-refractivity contribution in [1.82, 2.24) is 19.6 Å². The van der Waals surface area contributed by atoms with Crippen LogP contribution in [0.3, 0.4) is 0 Å². The van der Waals surface area contributed by atoms with E-state index in [-0.39, 0.29) is 36.8 Å². The van der Waals surface area contributed by atoms with E-state index in [0.29, 0.717) is 38.4 Å². The zero-order valence-corrected chi connectivity index (χ0v) is 24.6. The van der Waals surface area contributed by atoms with Crippen molar-refractivity contribution >= 4 is 17.9 Å². The zero-order valence-electron chi connectivity index (χ0n) is 24.6. The number of rotatable bonds is 11. The second kappa shape index (κ2) is 15.2. The molecule has 2 amide bonds. The van der Waals surface area contributed by atoms with Gasteiger partial charge in [0.25, 0.3) is 0 Å². The fraction of sp³-hybridized carbons (Fsp3) is 0.467. The molecule has 2 aromatic rings. The monoisotopic (exact) mass is 587 g/mol. The molecular weight excluding hydrogens is 548 g/mol. The molecule has 1 N–H and O–H groups in total. The Morgan fingerprint density at radius 1 is 1.14 bits per heavy atom. The molecule has 2 heterocycles. The summed E-state index contributed by atoms with van der Waals surface area (Å²) in [6, 6.07) is 8.28. The smallest absolute Gasteiger partial charge is 0.411 e. The van der Waals surface area contributed by atoms with Gasteiger partial charge in [-0.1, -0.05) is 19.1 Å². The molecule has 228 valence electrons. The standard InChI is InChI=1S/C30H39F2N5O5/c1-5-30(3,4)42-29(40)36-15-13-35(14-16-36)17-18-41-28(39)33-25-8-6-7-23(20-25)21-26-27(38)10-12-37(34-26)11-9-24(32)19-22(2)31/h6-10,12,19-20H,5,11,13-18,21H2,1-4H3,(H,33,39)/b22-19+,24-9+. The third-order valence-electron chi connectivity index (χ3n) is 6.77. The maximum atomic E-state index is 13.7. The third-order valence-corrected chi connectivity index (χ3v) is 6.77. The van der Waals surface area contributed by atoms with Crippen LogP contribution in [0.4, 0.5) is 24.1 Å². The van der Waals surface area contributed by atoms with Gasteiger partial charge in [0.1, 0.15) is 23.7 Å². The van der Waals surface area contributed by atoms with E-state index >= 15 is 0 Å². The van der Waals surface area contributed by atoms with Crippen LogP contribution in [0.15, 0.2) is 65.1 Å². The average Bonchev–Trinajstić information content (AvgIpc) is 2.93. The van der Waals surface area contributed by atoms with Gasteiger partial charge in [-0.25, -0.2) is 18.4 Å². The van der Waals surface area contributed by atoms with Crippen molar-refractivity contribution in [3.63, 3.8) is 0 Å². The number of carbonyl (C=O) groups is 2. The van der Waals surface area contributed by atoms with Crippen LogP contribution in [0, 0.1) is 0 Å². The first-order valence-corrected chi connectivity index (χ1v) is 13.9. The fourth-order valence-corrected chi connectivity index (χ4v) is 4.04. The molecule has 0 saturated carbocycles. The molecule has 10 nitrogen and oxygen atoms in total. The Labute approximate surface area is 244 Å². The van der Waals surface area contributed by atoms with E-state index < -0.39 is 23.3 Å². The van der Waals surface area contributed by atoms with Crippen LogP contribution in [0.25, 0.3) is 0 Å². The number of hydrogen-bond donors (Lipinski definition) is 1. The number of nitrogens with one attached hydrogen (secondary N) is 1. The first-order valence-electron chi connectivity index (χ1n) is 13.9. The highest BCUT2D eigenvalue weighted by Crippen LogP contribution is 2.17. The molecule has 0 aliphatic carbocycles. The molecule has 0 atom stereocenters. The number of piperazine rings is 1. The molecule has 0 radical (unpaired) electrons. The Bertz CT molecular complexity index is 1350. The van der Waals surface area contributed by atoms with Crippen LogP contribution in [-0.4, -0.2) is 76.7 Å². The summed E-state index contributed by atoms with van der Waals surface area (Å²) in [5.74, 6) is -1.39. The summed E-state index contributed by atoms with van der Waals surface area (Å²) in [7, 11) is 0. The number of benzene rings is 1. The largest absolute Gasteiger partial charge is 0.448 e. The number of ether oxygens (including phenoxy) is 2. The lowest BCUT2D eigenvalue weighted by atomic mass is 10.1. The minimum absolute atomic E-state index is 0.0237. The van der Waals surface area contributed by atoms with Crippen molar-refractivity contribution in [2.45, 2.75) is 52.7 Å². The summed E-state index contributed by atoms with van der Waals surface area (Å²) in [6.07, 6.45) is 3.36. The third kappa shape index (κ3) is 10.7. The Morgan fingerprint density at radius 2 is 1.88 bits per heavy atom. The highest BCUT2D eigenvalue weighted by atomic mass is 19.1. The molecule has 42 heavy (non-hydrogen) atoms. The van der Waals surface area contributed by atoms with Gasteiger partial charge in [-0.2, -0.15) is 5.10 Å². The van der Waals surface area contributed by atoms with Gasteiger partial charge in [-0.05, 0) is 51.0 Å². The number of hydrogen-bond acceptors (Lipinski definition) is 7. The van der Waals surface area contributed by atoms with Crippen LogP contribution in [-0.2, 0) is 22.4 Å². The Morgan fingerprint density at radius 3 is 2.57 bits per heavy atom. The lowest BCUT2D eigenvalue weighted by Gasteiger charge is -2.35. The van der Waals surface area contributed by atoms with Gasteiger partial charge < -0.3 is 14.4 Å². The second-order valence-corrected chi connectivity index (χ2v) is 10.6. The number of allylic oxidation sites excluding steroid dienone is 4. The molecule has 1 saturated heterocycles. The molecule has 1 aliphatic heterocycles. The Kier molecular flexibility index (Phi) is 11.8. The van der Waals surface area contributed by atoms with E-state index in [4.69, 9.17) is 9.47 Å². The number of nitrogens with zero attached hydrogens (tertiary/aromatic N) is 4. The molecule has 1 aromatic carbocycles. The molecule has 1 aromatic heterocycles. The number of anilines is 1. The molecule has 3 rings (SSSR count). The van der Waals surface area contributed by atoms with E-state index in [1.165, 1.54) is 16.9 Å². The van der Waals surface area contributed by atoms with E-state index in [9.17, 15) is 23.2 Å². The lowest BCUT2D eigenvalue weighted by molar-refractivity contribution is 0.00172. The summed E-state index contributed by atoms with van der Waals surface area (Å²) >= 11 is 0. The highest BCUT2D eigenvalue weighted by molar-refractivity contribution is 5.84. The highest BCUT2D eigenvalue weighted by Gasteiger charge is 2.27. The lowest BCUT2D eigenvalue weighted by Crippen LogP contribution is -2.50. The molecule has 0 bridgehead atoms. The topological polar surface area (TPSA) is 106 Å². The maximum Gasteiger partial charge on any atom is 0.411 e. The van der Waals surface area contributed by atoms with Crippen LogP contribution in [0.1, 0.15) is 45.4 Å². The second-order valence-electron chi connectivity index (χ2n) is 10.6. The molecule has 0 unspecified atom stereocenters. The molecule has 12 heteroatoms. The normalized spacial score (nSPS) is 15.0. The SMILES string of the molecule is CCC(C)(C)OC(=O)N1CCN(CCOC(=O)Nc2cccc(Cc3nn(C/C=C(F)\C=C(/C)F)ccc3=O)c2)CC1. The van der Waals surface area contributed by atoms with Gasteiger partial charge in [0.15, 0.2) is 0 Å². The molecular formula is C30H39F2N5O5. The van der Waals surface area contributed by atoms with E-state index in [0.717, 1.165) is 31.1 Å². The van der Waals surface area contributed by atoms with Crippen molar-refractivity contribution < 1.29 is 27.8 Å². The van der Waals surface area contributed by atoms with Gasteiger partial charge >= 0.3 is 12.2 Å². The number of halogens is 2. The maximum absolute atomic E-state index is 13.7. The summed E-state index contributed by atoms with van der Waals surface area (Å²) in [6.45, 7) is 10.0. The van der Waals surface area contributed by atoms with Gasteiger partial charge in [-0.15, -0.1) is 0 Å². The van der Waals surface area contributed by atoms with E-state index in [2.05, 4.69) is 15.3 Å². The van der Waals surface area contributed by atoms with Gasteiger partial charge in [0, 0.05) is 63.2 Å². The van der Waals surface area contributed by atoms with Gasteiger partial charge in [0.2, 0.25) is 5.43 Å². The number of carbonyl (C=O) groups excluding carboxylic acids is 2. The van der Waals surface area contributed by atoms with Gasteiger partial charge in [-0.3, -0.25) is 19.7 Å². The van der Waals surface area contributed by atoms with Crippen molar-refractivity contribution in [2.24, 2.45) is 0 Å². The molecule has 1 aliphatic rings. The minimum Gasteiger partial charge on any atom is -0.448 e. The predicted octanol–water partition coefficient (Wildman–Crippen LogP) is 5.05. The minimum atomic E-state index is -0.737. The van der Waals surface area contributed by atoms with Crippen molar-refractivity contribution in [3.05, 3.63) is 81.8 Å². The number of aromatic nitrogens is 2. The van der Waals surface area contributed by atoms with Crippen LogP contribution in [0.5, 0.6) is 0 Å². The van der Waals surface area contributed by atoms with Crippen molar-refractivity contribution in [3.8, 4) is 0 Å². The Balaban J connectivity index is 1.45. The summed E-state index contributed by atoms with van der Waals surface area (Å²) in [5, 5.41) is 6.95. The number of amides is 2. The average molecular weight is 588 g/mol. The molecule has 0 spiro atoms. The fourth-order valence-electron chi connectivity index (χ4n) is 4.04. The van der Waals surface area contributed by atoms with Crippen LogP contribution in [0.2, 0.25) is 0 Å². The first-order chi connectivity index (χ1) is 19.9. The van der Waals surface area contributed by atoms with Gasteiger partial charge in [0.05, 0.1) is 12.4 Å². The van der Waals surface area contributed by atoms with Crippen molar-refractivity contribution in [2.75, 3.05) is 44.6 Å². The quantitative estimate of drug-likeness (QED) is 0.367. The summed E-state index contributed by atoms with van der Waals surface area (Å²) in [5.41, 5.74) is 0.686. The van der Waals surface area contributed by atoms with Crippen LogP contribution < -0.4 is 10.7 Å². The predicted molar refractivity (Wildman–Crippen MR) is 156 cm³/mol.